The minimum Gasteiger partial charge on any atom is -0.334 e. The SMILES string of the molecule is C[C@H](NC(=O)NCc1cccnc1)c1ccc(-c2ccccc2)cc1. The summed E-state index contributed by atoms with van der Waals surface area (Å²) in [5.74, 6) is 0. The number of urea groups is 1. The summed E-state index contributed by atoms with van der Waals surface area (Å²) in [6, 6.07) is 22.0. The first-order valence-corrected chi connectivity index (χ1v) is 8.31. The van der Waals surface area contributed by atoms with Gasteiger partial charge in [0.25, 0.3) is 0 Å². The van der Waals surface area contributed by atoms with Crippen LogP contribution in [-0.4, -0.2) is 11.0 Å². The standard InChI is InChI=1S/C21H21N3O/c1-16(24-21(25)23-15-17-6-5-13-22-14-17)18-9-11-20(12-10-18)19-7-3-2-4-8-19/h2-14,16H,15H2,1H3,(H2,23,24,25)/t16-/m0/s1. The van der Waals surface area contributed by atoms with Crippen molar-refractivity contribution < 1.29 is 4.79 Å². The van der Waals surface area contributed by atoms with Gasteiger partial charge < -0.3 is 10.6 Å². The molecule has 0 saturated carbocycles. The van der Waals surface area contributed by atoms with Crippen LogP contribution in [0, 0.1) is 0 Å². The van der Waals surface area contributed by atoms with Crippen LogP contribution in [0.5, 0.6) is 0 Å². The summed E-state index contributed by atoms with van der Waals surface area (Å²) in [5, 5.41) is 5.80. The first-order chi connectivity index (χ1) is 12.2. The van der Waals surface area contributed by atoms with Gasteiger partial charge >= 0.3 is 6.03 Å². The maximum atomic E-state index is 12.0. The predicted molar refractivity (Wildman–Crippen MR) is 99.9 cm³/mol. The third kappa shape index (κ3) is 4.67. The number of nitrogens with one attached hydrogen (secondary N) is 2. The lowest BCUT2D eigenvalue weighted by Gasteiger charge is -2.15. The molecule has 0 aliphatic heterocycles. The van der Waals surface area contributed by atoms with Crippen molar-refractivity contribution in [1.29, 1.82) is 0 Å². The molecular weight excluding hydrogens is 310 g/mol. The van der Waals surface area contributed by atoms with Gasteiger partial charge in [0.2, 0.25) is 0 Å². The smallest absolute Gasteiger partial charge is 0.315 e. The Labute approximate surface area is 147 Å². The number of carbonyl (C=O) groups is 1. The molecule has 126 valence electrons. The molecular formula is C21H21N3O. The Morgan fingerprint density at radius 1 is 0.960 bits per heavy atom. The van der Waals surface area contributed by atoms with Crippen LogP contribution >= 0.6 is 0 Å². The van der Waals surface area contributed by atoms with Gasteiger partial charge in [-0.15, -0.1) is 0 Å². The summed E-state index contributed by atoms with van der Waals surface area (Å²) >= 11 is 0. The molecule has 2 aromatic carbocycles. The van der Waals surface area contributed by atoms with Gasteiger partial charge in [-0.3, -0.25) is 4.98 Å². The second-order valence-corrected chi connectivity index (χ2v) is 5.90. The van der Waals surface area contributed by atoms with Gasteiger partial charge in [0.15, 0.2) is 0 Å². The highest BCUT2D eigenvalue weighted by Crippen LogP contribution is 2.21. The van der Waals surface area contributed by atoms with E-state index in [4.69, 9.17) is 0 Å². The number of rotatable bonds is 5. The van der Waals surface area contributed by atoms with Gasteiger partial charge in [-0.1, -0.05) is 60.7 Å². The average Bonchev–Trinajstić information content (AvgIpc) is 2.68. The molecule has 0 aliphatic carbocycles. The van der Waals surface area contributed by atoms with Gasteiger partial charge in [0.1, 0.15) is 0 Å². The van der Waals surface area contributed by atoms with E-state index in [0.717, 1.165) is 16.7 Å². The highest BCUT2D eigenvalue weighted by atomic mass is 16.2. The summed E-state index contributed by atoms with van der Waals surface area (Å²) in [6.45, 7) is 2.43. The zero-order valence-electron chi connectivity index (χ0n) is 14.1. The van der Waals surface area contributed by atoms with Crippen LogP contribution in [0.1, 0.15) is 24.1 Å². The van der Waals surface area contributed by atoms with E-state index in [9.17, 15) is 4.79 Å². The fraction of sp³-hybridized carbons (Fsp3) is 0.143. The Morgan fingerprint density at radius 3 is 2.36 bits per heavy atom. The molecule has 2 N–H and O–H groups in total. The molecule has 0 aliphatic rings. The molecule has 0 fully saturated rings. The molecule has 3 aromatic rings. The summed E-state index contributed by atoms with van der Waals surface area (Å²) in [5.41, 5.74) is 4.38. The van der Waals surface area contributed by atoms with E-state index < -0.39 is 0 Å². The summed E-state index contributed by atoms with van der Waals surface area (Å²) in [7, 11) is 0. The summed E-state index contributed by atoms with van der Waals surface area (Å²) in [6.07, 6.45) is 3.46. The molecule has 25 heavy (non-hydrogen) atoms. The molecule has 1 atom stereocenters. The zero-order valence-corrected chi connectivity index (χ0v) is 14.1. The van der Waals surface area contributed by atoms with Crippen LogP contribution in [0.4, 0.5) is 4.79 Å². The zero-order chi connectivity index (χ0) is 17.5. The van der Waals surface area contributed by atoms with E-state index in [0.29, 0.717) is 6.54 Å². The fourth-order valence-corrected chi connectivity index (χ4v) is 2.61. The number of hydrogen-bond acceptors (Lipinski definition) is 2. The van der Waals surface area contributed by atoms with Gasteiger partial charge in [-0.05, 0) is 35.2 Å². The van der Waals surface area contributed by atoms with Crippen LogP contribution in [0.3, 0.4) is 0 Å². The van der Waals surface area contributed by atoms with E-state index in [1.165, 1.54) is 5.56 Å². The lowest BCUT2D eigenvalue weighted by Crippen LogP contribution is -2.36. The van der Waals surface area contributed by atoms with Gasteiger partial charge in [-0.2, -0.15) is 0 Å². The quantitative estimate of drug-likeness (QED) is 0.732. The number of amides is 2. The first kappa shape index (κ1) is 16.7. The molecule has 0 bridgehead atoms. The van der Waals surface area contributed by atoms with E-state index in [-0.39, 0.29) is 12.1 Å². The van der Waals surface area contributed by atoms with Crippen LogP contribution in [-0.2, 0) is 6.54 Å². The third-order valence-corrected chi connectivity index (χ3v) is 4.04. The van der Waals surface area contributed by atoms with E-state index in [2.05, 4.69) is 39.9 Å². The molecule has 4 heteroatoms. The van der Waals surface area contributed by atoms with E-state index in [1.54, 1.807) is 12.4 Å². The van der Waals surface area contributed by atoms with Crippen molar-refractivity contribution in [3.8, 4) is 11.1 Å². The normalized spacial score (nSPS) is 11.6. The highest BCUT2D eigenvalue weighted by molar-refractivity contribution is 5.74. The van der Waals surface area contributed by atoms with Crippen LogP contribution in [0.25, 0.3) is 11.1 Å². The monoisotopic (exact) mass is 331 g/mol. The average molecular weight is 331 g/mol. The topological polar surface area (TPSA) is 54.0 Å². The number of benzene rings is 2. The molecule has 2 amide bonds. The number of nitrogens with zero attached hydrogens (tertiary/aromatic N) is 1. The molecule has 3 rings (SSSR count). The van der Waals surface area contributed by atoms with Crippen molar-refractivity contribution in [1.82, 2.24) is 15.6 Å². The second kappa shape index (κ2) is 8.11. The van der Waals surface area contributed by atoms with Crippen LogP contribution in [0.2, 0.25) is 0 Å². The second-order valence-electron chi connectivity index (χ2n) is 5.90. The largest absolute Gasteiger partial charge is 0.334 e. The number of carbonyl (C=O) groups excluding carboxylic acids is 1. The lowest BCUT2D eigenvalue weighted by molar-refractivity contribution is 0.237. The van der Waals surface area contributed by atoms with Crippen molar-refractivity contribution in [2.45, 2.75) is 19.5 Å². The third-order valence-electron chi connectivity index (χ3n) is 4.04. The Kier molecular flexibility index (Phi) is 5.42. The Bertz CT molecular complexity index is 802. The summed E-state index contributed by atoms with van der Waals surface area (Å²) in [4.78, 5) is 16.1. The minimum absolute atomic E-state index is 0.0706. The van der Waals surface area contributed by atoms with Gasteiger partial charge in [0, 0.05) is 18.9 Å². The first-order valence-electron chi connectivity index (χ1n) is 8.31. The van der Waals surface area contributed by atoms with Crippen molar-refractivity contribution in [3.63, 3.8) is 0 Å². The van der Waals surface area contributed by atoms with Crippen molar-refractivity contribution in [2.24, 2.45) is 0 Å². The van der Waals surface area contributed by atoms with E-state index >= 15 is 0 Å². The van der Waals surface area contributed by atoms with Gasteiger partial charge in [0.05, 0.1) is 6.04 Å². The predicted octanol–water partition coefficient (Wildman–Crippen LogP) is 4.31. The molecule has 1 heterocycles. The molecule has 4 nitrogen and oxygen atoms in total. The van der Waals surface area contributed by atoms with Crippen LogP contribution in [0.15, 0.2) is 79.1 Å². The minimum atomic E-state index is -0.191. The number of pyridine rings is 1. The van der Waals surface area contributed by atoms with Crippen molar-refractivity contribution >= 4 is 6.03 Å². The molecule has 0 spiro atoms. The fourth-order valence-electron chi connectivity index (χ4n) is 2.61. The molecule has 0 radical (unpaired) electrons. The Morgan fingerprint density at radius 2 is 1.68 bits per heavy atom. The van der Waals surface area contributed by atoms with Crippen molar-refractivity contribution in [3.05, 3.63) is 90.3 Å². The lowest BCUT2D eigenvalue weighted by atomic mass is 10.0. The molecule has 1 aromatic heterocycles. The molecule has 0 saturated heterocycles. The maximum absolute atomic E-state index is 12.0. The van der Waals surface area contributed by atoms with E-state index in [1.807, 2.05) is 49.4 Å². The summed E-state index contributed by atoms with van der Waals surface area (Å²) < 4.78 is 0. The maximum Gasteiger partial charge on any atom is 0.315 e. The number of aromatic nitrogens is 1. The van der Waals surface area contributed by atoms with Crippen molar-refractivity contribution in [2.75, 3.05) is 0 Å². The Balaban J connectivity index is 1.55. The Hall–Kier alpha value is -3.14. The highest BCUT2D eigenvalue weighted by Gasteiger charge is 2.09. The number of hydrogen-bond donors (Lipinski definition) is 2. The van der Waals surface area contributed by atoms with Gasteiger partial charge in [-0.25, -0.2) is 4.79 Å². The molecule has 0 unspecified atom stereocenters. The van der Waals surface area contributed by atoms with Crippen LogP contribution < -0.4 is 10.6 Å².